The number of unbranched alkanes of at least 4 members (excludes halogenated alkanes) is 8. The van der Waals surface area contributed by atoms with Gasteiger partial charge in [0.05, 0.1) is 12.7 Å². The van der Waals surface area contributed by atoms with E-state index < -0.39 is 0 Å². The predicted octanol–water partition coefficient (Wildman–Crippen LogP) is 6.90. The molecule has 0 aliphatic heterocycles. The molecule has 0 saturated carbocycles. The van der Waals surface area contributed by atoms with Crippen LogP contribution in [0.2, 0.25) is 0 Å². The van der Waals surface area contributed by atoms with Crippen LogP contribution in [0.25, 0.3) is 0 Å². The van der Waals surface area contributed by atoms with Crippen LogP contribution in [0.1, 0.15) is 90.0 Å². The molecule has 0 radical (unpaired) electrons. The Morgan fingerprint density at radius 3 is 1.95 bits per heavy atom. The summed E-state index contributed by atoms with van der Waals surface area (Å²) in [5.41, 5.74) is 1.29. The summed E-state index contributed by atoms with van der Waals surface area (Å²) >= 11 is 0. The number of rotatable bonds is 14. The molecule has 0 heterocycles. The Labute approximate surface area is 138 Å². The van der Waals surface area contributed by atoms with Crippen LogP contribution in [0.15, 0.2) is 30.3 Å². The van der Waals surface area contributed by atoms with Gasteiger partial charge in [-0.05, 0) is 18.4 Å². The molecule has 126 valence electrons. The van der Waals surface area contributed by atoms with E-state index in [9.17, 15) is 0 Å². The molecule has 0 bridgehead atoms. The standard InChI is InChI=1S/C21H36O/c1-3-5-6-7-8-9-10-11-15-18-21(4-2)22-19-20-16-13-12-14-17-20/h12-14,16-17,21H,3-11,15,18-19H2,1-2H3/t21-/m1/s1. The lowest BCUT2D eigenvalue weighted by molar-refractivity contribution is 0.0309. The van der Waals surface area contributed by atoms with Gasteiger partial charge in [0.25, 0.3) is 0 Å². The highest BCUT2D eigenvalue weighted by molar-refractivity contribution is 5.13. The molecule has 1 atom stereocenters. The molecule has 0 aliphatic rings. The minimum Gasteiger partial charge on any atom is -0.374 e. The van der Waals surface area contributed by atoms with Gasteiger partial charge in [0.15, 0.2) is 0 Å². The van der Waals surface area contributed by atoms with Gasteiger partial charge in [-0.3, -0.25) is 0 Å². The molecule has 22 heavy (non-hydrogen) atoms. The summed E-state index contributed by atoms with van der Waals surface area (Å²) in [5, 5.41) is 0. The van der Waals surface area contributed by atoms with Gasteiger partial charge >= 0.3 is 0 Å². The van der Waals surface area contributed by atoms with Crippen LogP contribution in [0.4, 0.5) is 0 Å². The third-order valence-corrected chi connectivity index (χ3v) is 4.41. The number of benzene rings is 1. The summed E-state index contributed by atoms with van der Waals surface area (Å²) in [6.07, 6.45) is 15.4. The van der Waals surface area contributed by atoms with Gasteiger partial charge in [-0.25, -0.2) is 0 Å². The Morgan fingerprint density at radius 2 is 1.36 bits per heavy atom. The van der Waals surface area contributed by atoms with Crippen molar-refractivity contribution in [1.29, 1.82) is 0 Å². The highest BCUT2D eigenvalue weighted by Gasteiger charge is 2.06. The minimum absolute atomic E-state index is 0.435. The SMILES string of the molecule is CCCCCCCCCCC[C@@H](CC)OCc1ccccc1. The Hall–Kier alpha value is -0.820. The van der Waals surface area contributed by atoms with Crippen LogP contribution in [0, 0.1) is 0 Å². The largest absolute Gasteiger partial charge is 0.374 e. The van der Waals surface area contributed by atoms with Crippen molar-refractivity contribution >= 4 is 0 Å². The van der Waals surface area contributed by atoms with Gasteiger partial charge in [-0.2, -0.15) is 0 Å². The third kappa shape index (κ3) is 10.00. The van der Waals surface area contributed by atoms with Crippen molar-refractivity contribution in [2.45, 2.75) is 97.2 Å². The number of hydrogen-bond acceptors (Lipinski definition) is 1. The molecule has 1 heteroatoms. The molecular formula is C21H36O. The fourth-order valence-corrected chi connectivity index (χ4v) is 2.88. The molecule has 1 rings (SSSR count). The molecule has 0 saturated heterocycles. The second kappa shape index (κ2) is 13.8. The first-order valence-corrected chi connectivity index (χ1v) is 9.52. The van der Waals surface area contributed by atoms with E-state index in [-0.39, 0.29) is 0 Å². The third-order valence-electron chi connectivity index (χ3n) is 4.41. The topological polar surface area (TPSA) is 9.23 Å². The first-order valence-electron chi connectivity index (χ1n) is 9.52. The second-order valence-electron chi connectivity index (χ2n) is 6.44. The lowest BCUT2D eigenvalue weighted by atomic mass is 10.0. The predicted molar refractivity (Wildman–Crippen MR) is 97.2 cm³/mol. The molecule has 0 N–H and O–H groups in total. The Balaban J connectivity index is 1.97. The second-order valence-corrected chi connectivity index (χ2v) is 6.44. The van der Waals surface area contributed by atoms with Crippen LogP contribution in [-0.4, -0.2) is 6.10 Å². The maximum absolute atomic E-state index is 6.05. The lowest BCUT2D eigenvalue weighted by Crippen LogP contribution is -2.11. The van der Waals surface area contributed by atoms with Crippen LogP contribution in [0.5, 0.6) is 0 Å². The van der Waals surface area contributed by atoms with Crippen LogP contribution in [0.3, 0.4) is 0 Å². The van der Waals surface area contributed by atoms with Crippen molar-refractivity contribution in [3.05, 3.63) is 35.9 Å². The van der Waals surface area contributed by atoms with E-state index in [4.69, 9.17) is 4.74 Å². The molecule has 0 spiro atoms. The van der Waals surface area contributed by atoms with Gasteiger partial charge in [0, 0.05) is 0 Å². The monoisotopic (exact) mass is 304 g/mol. The zero-order valence-electron chi connectivity index (χ0n) is 14.9. The van der Waals surface area contributed by atoms with Crippen molar-refractivity contribution in [2.75, 3.05) is 0 Å². The molecule has 0 aromatic heterocycles. The molecule has 0 aliphatic carbocycles. The molecule has 1 nitrogen and oxygen atoms in total. The van der Waals surface area contributed by atoms with E-state index >= 15 is 0 Å². The van der Waals surface area contributed by atoms with Gasteiger partial charge in [0.1, 0.15) is 0 Å². The van der Waals surface area contributed by atoms with E-state index in [0.717, 1.165) is 13.0 Å². The fourth-order valence-electron chi connectivity index (χ4n) is 2.88. The molecule has 1 aromatic carbocycles. The summed E-state index contributed by atoms with van der Waals surface area (Å²) < 4.78 is 6.05. The van der Waals surface area contributed by atoms with Gasteiger partial charge < -0.3 is 4.74 Å². The molecule has 0 fully saturated rings. The van der Waals surface area contributed by atoms with Crippen molar-refractivity contribution in [3.8, 4) is 0 Å². The quantitative estimate of drug-likeness (QED) is 0.339. The van der Waals surface area contributed by atoms with Crippen LogP contribution < -0.4 is 0 Å². The Kier molecular flexibility index (Phi) is 12.1. The minimum atomic E-state index is 0.435. The van der Waals surface area contributed by atoms with E-state index in [2.05, 4.69) is 44.2 Å². The van der Waals surface area contributed by atoms with E-state index in [1.807, 2.05) is 0 Å². The van der Waals surface area contributed by atoms with Crippen molar-refractivity contribution in [3.63, 3.8) is 0 Å². The number of hydrogen-bond donors (Lipinski definition) is 0. The summed E-state index contributed by atoms with van der Waals surface area (Å²) in [5.74, 6) is 0. The van der Waals surface area contributed by atoms with E-state index in [0.29, 0.717) is 6.10 Å². The normalized spacial score (nSPS) is 12.5. The smallest absolute Gasteiger partial charge is 0.0720 e. The van der Waals surface area contributed by atoms with Crippen molar-refractivity contribution in [1.82, 2.24) is 0 Å². The summed E-state index contributed by atoms with van der Waals surface area (Å²) in [6, 6.07) is 10.5. The summed E-state index contributed by atoms with van der Waals surface area (Å²) in [7, 11) is 0. The van der Waals surface area contributed by atoms with E-state index in [1.54, 1.807) is 0 Å². The van der Waals surface area contributed by atoms with Gasteiger partial charge in [0.2, 0.25) is 0 Å². The first-order chi connectivity index (χ1) is 10.9. The van der Waals surface area contributed by atoms with Crippen molar-refractivity contribution in [2.24, 2.45) is 0 Å². The van der Waals surface area contributed by atoms with Gasteiger partial charge in [-0.15, -0.1) is 0 Å². The average molecular weight is 305 g/mol. The summed E-state index contributed by atoms with van der Waals surface area (Å²) in [4.78, 5) is 0. The molecule has 0 amide bonds. The molecule has 1 aromatic rings. The zero-order valence-corrected chi connectivity index (χ0v) is 14.9. The maximum Gasteiger partial charge on any atom is 0.0720 e. The van der Waals surface area contributed by atoms with Crippen LogP contribution in [-0.2, 0) is 11.3 Å². The van der Waals surface area contributed by atoms with Crippen molar-refractivity contribution < 1.29 is 4.74 Å². The highest BCUT2D eigenvalue weighted by atomic mass is 16.5. The zero-order chi connectivity index (χ0) is 15.9. The number of ether oxygens (including phenoxy) is 1. The fraction of sp³-hybridized carbons (Fsp3) is 0.714. The Bertz CT molecular complexity index is 333. The van der Waals surface area contributed by atoms with Gasteiger partial charge in [-0.1, -0.05) is 102 Å². The highest BCUT2D eigenvalue weighted by Crippen LogP contribution is 2.15. The van der Waals surface area contributed by atoms with Crippen LogP contribution >= 0.6 is 0 Å². The summed E-state index contributed by atoms with van der Waals surface area (Å²) in [6.45, 7) is 5.28. The lowest BCUT2D eigenvalue weighted by Gasteiger charge is -2.16. The first kappa shape index (κ1) is 19.2. The molecular weight excluding hydrogens is 268 g/mol. The molecule has 0 unspecified atom stereocenters. The van der Waals surface area contributed by atoms with E-state index in [1.165, 1.54) is 69.8 Å². The Morgan fingerprint density at radius 1 is 0.773 bits per heavy atom. The average Bonchev–Trinajstić information content (AvgIpc) is 2.57. The maximum atomic E-state index is 6.05.